The summed E-state index contributed by atoms with van der Waals surface area (Å²) in [5.41, 5.74) is 1.25. The number of nitrogens with one attached hydrogen (secondary N) is 1. The third kappa shape index (κ3) is 1.87. The monoisotopic (exact) mass is 227 g/mol. The molecule has 1 aromatic carbocycles. The summed E-state index contributed by atoms with van der Waals surface area (Å²) >= 11 is 0. The van der Waals surface area contributed by atoms with Crippen LogP contribution in [-0.2, 0) is 0 Å². The Labute approximate surface area is 101 Å². The van der Waals surface area contributed by atoms with Gasteiger partial charge in [0.05, 0.1) is 0 Å². The van der Waals surface area contributed by atoms with Crippen LogP contribution in [0.5, 0.6) is 0 Å². The fourth-order valence-corrected chi connectivity index (χ4v) is 2.45. The van der Waals surface area contributed by atoms with Gasteiger partial charge in [0, 0.05) is 37.8 Å². The first-order valence-corrected chi connectivity index (χ1v) is 6.16. The second-order valence-corrected chi connectivity index (χ2v) is 4.55. The van der Waals surface area contributed by atoms with E-state index in [1.807, 2.05) is 6.20 Å². The Morgan fingerprint density at radius 2 is 1.82 bits per heavy atom. The minimum atomic E-state index is 1.04. The molecule has 3 heteroatoms. The first kappa shape index (κ1) is 10.5. The van der Waals surface area contributed by atoms with Crippen LogP contribution in [0.25, 0.3) is 10.8 Å². The second-order valence-electron chi connectivity index (χ2n) is 4.55. The van der Waals surface area contributed by atoms with Crippen LogP contribution < -0.4 is 10.2 Å². The zero-order valence-electron chi connectivity index (χ0n) is 10.1. The number of anilines is 1. The number of benzene rings is 1. The third-order valence-electron chi connectivity index (χ3n) is 3.39. The van der Waals surface area contributed by atoms with E-state index in [1.165, 1.54) is 16.3 Å². The molecule has 0 saturated carbocycles. The lowest BCUT2D eigenvalue weighted by Gasteiger charge is -2.29. The average Bonchev–Trinajstić information content (AvgIpc) is 2.41. The summed E-state index contributed by atoms with van der Waals surface area (Å²) in [5.74, 6) is 1.13. The minimum Gasteiger partial charge on any atom is -0.354 e. The highest BCUT2D eigenvalue weighted by Crippen LogP contribution is 2.26. The zero-order valence-corrected chi connectivity index (χ0v) is 10.1. The van der Waals surface area contributed by atoms with Crippen molar-refractivity contribution >= 4 is 16.6 Å². The zero-order chi connectivity index (χ0) is 11.7. The van der Waals surface area contributed by atoms with Crippen molar-refractivity contribution < 1.29 is 0 Å². The molecule has 1 N–H and O–H groups in total. The van der Waals surface area contributed by atoms with Gasteiger partial charge in [0.2, 0.25) is 0 Å². The van der Waals surface area contributed by atoms with E-state index in [4.69, 9.17) is 0 Å². The Morgan fingerprint density at radius 1 is 1.12 bits per heavy atom. The van der Waals surface area contributed by atoms with Crippen LogP contribution in [0.4, 0.5) is 5.82 Å². The standard InChI is InChI=1S/C14H17N3/c1-11-10-16-14(17-8-6-15-7-9-17)13-5-3-2-4-12(11)13/h2-5,10,15H,6-9H2,1H3. The minimum absolute atomic E-state index is 1.04. The smallest absolute Gasteiger partial charge is 0.136 e. The molecule has 0 atom stereocenters. The average molecular weight is 227 g/mol. The molecular formula is C14H17N3. The molecule has 0 radical (unpaired) electrons. The number of pyridine rings is 1. The van der Waals surface area contributed by atoms with Crippen LogP contribution in [0.1, 0.15) is 5.56 Å². The van der Waals surface area contributed by atoms with E-state index in [0.29, 0.717) is 0 Å². The maximum absolute atomic E-state index is 4.63. The molecular weight excluding hydrogens is 210 g/mol. The quantitative estimate of drug-likeness (QED) is 0.807. The number of aryl methyl sites for hydroxylation is 1. The van der Waals surface area contributed by atoms with Crippen LogP contribution in [0.2, 0.25) is 0 Å². The maximum atomic E-state index is 4.63. The van der Waals surface area contributed by atoms with E-state index in [-0.39, 0.29) is 0 Å². The Balaban J connectivity index is 2.12. The first-order chi connectivity index (χ1) is 8.36. The molecule has 2 heterocycles. The van der Waals surface area contributed by atoms with E-state index in [0.717, 1.165) is 32.0 Å². The lowest BCUT2D eigenvalue weighted by molar-refractivity contribution is 0.586. The number of hydrogen-bond donors (Lipinski definition) is 1. The fraction of sp³-hybridized carbons (Fsp3) is 0.357. The van der Waals surface area contributed by atoms with Gasteiger partial charge in [0.15, 0.2) is 0 Å². The van der Waals surface area contributed by atoms with Gasteiger partial charge >= 0.3 is 0 Å². The predicted octanol–water partition coefficient (Wildman–Crippen LogP) is 1.95. The van der Waals surface area contributed by atoms with E-state index in [1.54, 1.807) is 0 Å². The van der Waals surface area contributed by atoms with Gasteiger partial charge in [-0.25, -0.2) is 4.98 Å². The van der Waals surface area contributed by atoms with Gasteiger partial charge in [-0.1, -0.05) is 24.3 Å². The van der Waals surface area contributed by atoms with Crippen LogP contribution in [0.3, 0.4) is 0 Å². The molecule has 0 amide bonds. The van der Waals surface area contributed by atoms with Crippen molar-refractivity contribution in [1.29, 1.82) is 0 Å². The molecule has 0 bridgehead atoms. The lowest BCUT2D eigenvalue weighted by Crippen LogP contribution is -2.44. The van der Waals surface area contributed by atoms with Gasteiger partial charge in [-0.2, -0.15) is 0 Å². The van der Waals surface area contributed by atoms with Gasteiger partial charge in [-0.05, 0) is 17.9 Å². The van der Waals surface area contributed by atoms with Gasteiger partial charge in [0.1, 0.15) is 5.82 Å². The molecule has 2 aromatic rings. The first-order valence-electron chi connectivity index (χ1n) is 6.16. The SMILES string of the molecule is Cc1cnc(N2CCNCC2)c2ccccc12. The molecule has 17 heavy (non-hydrogen) atoms. The third-order valence-corrected chi connectivity index (χ3v) is 3.39. The van der Waals surface area contributed by atoms with Crippen molar-refractivity contribution in [3.8, 4) is 0 Å². The Hall–Kier alpha value is -1.61. The second kappa shape index (κ2) is 4.34. The Morgan fingerprint density at radius 3 is 2.59 bits per heavy atom. The molecule has 88 valence electrons. The normalized spacial score (nSPS) is 16.4. The fourth-order valence-electron chi connectivity index (χ4n) is 2.45. The number of piperazine rings is 1. The molecule has 1 aromatic heterocycles. The van der Waals surface area contributed by atoms with E-state index in [9.17, 15) is 0 Å². The van der Waals surface area contributed by atoms with E-state index >= 15 is 0 Å². The summed E-state index contributed by atoms with van der Waals surface area (Å²) in [4.78, 5) is 7.00. The van der Waals surface area contributed by atoms with Gasteiger partial charge in [0.25, 0.3) is 0 Å². The van der Waals surface area contributed by atoms with Crippen molar-refractivity contribution in [3.05, 3.63) is 36.0 Å². The van der Waals surface area contributed by atoms with Gasteiger partial charge in [-0.3, -0.25) is 0 Å². The number of fused-ring (bicyclic) bond motifs is 1. The van der Waals surface area contributed by atoms with Gasteiger partial charge in [-0.15, -0.1) is 0 Å². The summed E-state index contributed by atoms with van der Waals surface area (Å²) in [6.45, 7) is 6.30. The summed E-state index contributed by atoms with van der Waals surface area (Å²) in [6, 6.07) is 8.54. The highest BCUT2D eigenvalue weighted by atomic mass is 15.2. The van der Waals surface area contributed by atoms with Gasteiger partial charge < -0.3 is 10.2 Å². The predicted molar refractivity (Wildman–Crippen MR) is 71.6 cm³/mol. The van der Waals surface area contributed by atoms with Crippen molar-refractivity contribution in [2.45, 2.75) is 6.92 Å². The number of aromatic nitrogens is 1. The molecule has 0 aliphatic carbocycles. The number of nitrogens with zero attached hydrogens (tertiary/aromatic N) is 2. The summed E-state index contributed by atoms with van der Waals surface area (Å²) in [7, 11) is 0. The van der Waals surface area contributed by atoms with Crippen LogP contribution in [0.15, 0.2) is 30.5 Å². The van der Waals surface area contributed by atoms with Crippen LogP contribution in [0, 0.1) is 6.92 Å². The molecule has 1 aliphatic heterocycles. The summed E-state index contributed by atoms with van der Waals surface area (Å²) in [6.07, 6.45) is 1.99. The van der Waals surface area contributed by atoms with Crippen molar-refractivity contribution in [2.75, 3.05) is 31.1 Å². The number of hydrogen-bond acceptors (Lipinski definition) is 3. The Bertz CT molecular complexity index is 530. The largest absolute Gasteiger partial charge is 0.354 e. The van der Waals surface area contributed by atoms with Crippen LogP contribution in [-0.4, -0.2) is 31.2 Å². The molecule has 3 nitrogen and oxygen atoms in total. The van der Waals surface area contributed by atoms with Crippen LogP contribution >= 0.6 is 0 Å². The van der Waals surface area contributed by atoms with E-state index in [2.05, 4.69) is 46.4 Å². The van der Waals surface area contributed by atoms with Crippen molar-refractivity contribution in [2.24, 2.45) is 0 Å². The topological polar surface area (TPSA) is 28.2 Å². The summed E-state index contributed by atoms with van der Waals surface area (Å²) < 4.78 is 0. The molecule has 1 fully saturated rings. The molecule has 0 spiro atoms. The van der Waals surface area contributed by atoms with Crippen molar-refractivity contribution in [3.63, 3.8) is 0 Å². The molecule has 1 aliphatic rings. The van der Waals surface area contributed by atoms with E-state index < -0.39 is 0 Å². The molecule has 3 rings (SSSR count). The van der Waals surface area contributed by atoms with Crippen molar-refractivity contribution in [1.82, 2.24) is 10.3 Å². The summed E-state index contributed by atoms with van der Waals surface area (Å²) in [5, 5.41) is 5.96. The number of rotatable bonds is 1. The highest BCUT2D eigenvalue weighted by molar-refractivity contribution is 5.94. The lowest BCUT2D eigenvalue weighted by atomic mass is 10.1. The molecule has 1 saturated heterocycles. The molecule has 0 unspecified atom stereocenters. The Kier molecular flexibility index (Phi) is 2.69. The maximum Gasteiger partial charge on any atom is 0.136 e. The highest BCUT2D eigenvalue weighted by Gasteiger charge is 2.14.